The summed E-state index contributed by atoms with van der Waals surface area (Å²) >= 11 is 0. The van der Waals surface area contributed by atoms with Crippen LogP contribution >= 0.6 is 0 Å². The summed E-state index contributed by atoms with van der Waals surface area (Å²) in [5.74, 6) is -1.28. The molecule has 0 amide bonds. The lowest BCUT2D eigenvalue weighted by Gasteiger charge is -2.01. The van der Waals surface area contributed by atoms with E-state index in [1.807, 2.05) is 0 Å². The van der Waals surface area contributed by atoms with Gasteiger partial charge >= 0.3 is 16.1 Å². The van der Waals surface area contributed by atoms with Crippen LogP contribution in [0, 0.1) is 0 Å². The first kappa shape index (κ1) is 11.3. The normalized spacial score (nSPS) is 11.5. The van der Waals surface area contributed by atoms with E-state index >= 15 is 0 Å². The predicted molar refractivity (Wildman–Crippen MR) is 51.5 cm³/mol. The Hall–Kier alpha value is -1.82. The summed E-state index contributed by atoms with van der Waals surface area (Å²) in [6, 6.07) is 7.44. The van der Waals surface area contributed by atoms with E-state index in [0.717, 1.165) is 0 Å². The van der Waals surface area contributed by atoms with E-state index in [-0.39, 0.29) is 4.90 Å². The van der Waals surface area contributed by atoms with Gasteiger partial charge in [-0.15, -0.1) is 0 Å². The number of hydrogen-bond donors (Lipinski definition) is 1. The van der Waals surface area contributed by atoms with Crippen LogP contribution in [0.2, 0.25) is 0 Å². The molecule has 0 spiro atoms. The van der Waals surface area contributed by atoms with E-state index in [1.165, 1.54) is 24.3 Å². The topological polar surface area (TPSA) is 80.7 Å². The largest absolute Gasteiger partial charge is 0.478 e. The summed E-state index contributed by atoms with van der Waals surface area (Å²) in [4.78, 5) is 10.0. The minimum Gasteiger partial charge on any atom is -0.478 e. The van der Waals surface area contributed by atoms with Crippen molar-refractivity contribution in [2.24, 2.45) is 0 Å². The van der Waals surface area contributed by atoms with E-state index in [9.17, 15) is 13.2 Å². The zero-order valence-electron chi connectivity index (χ0n) is 7.53. The van der Waals surface area contributed by atoms with Crippen LogP contribution in [0.3, 0.4) is 0 Å². The molecule has 15 heavy (non-hydrogen) atoms. The Labute approximate surface area is 86.7 Å². The fourth-order valence-corrected chi connectivity index (χ4v) is 1.61. The summed E-state index contributed by atoms with van der Waals surface area (Å²) in [6.07, 6.45) is 1.21. The van der Waals surface area contributed by atoms with Gasteiger partial charge in [-0.1, -0.05) is 18.2 Å². The second-order valence-corrected chi connectivity index (χ2v) is 4.08. The molecule has 0 aromatic heterocycles. The molecule has 1 rings (SSSR count). The fraction of sp³-hybridized carbons (Fsp3) is 0. The highest BCUT2D eigenvalue weighted by Crippen LogP contribution is 2.11. The zero-order valence-corrected chi connectivity index (χ0v) is 8.35. The Balaban J connectivity index is 2.82. The van der Waals surface area contributed by atoms with Crippen molar-refractivity contribution in [3.8, 4) is 0 Å². The van der Waals surface area contributed by atoms with Gasteiger partial charge in [0.25, 0.3) is 0 Å². The maximum Gasteiger partial charge on any atom is 0.338 e. The SMILES string of the molecule is O=C(O)C=COS(=O)(=O)c1ccccc1. The third-order valence-corrected chi connectivity index (χ3v) is 2.64. The highest BCUT2D eigenvalue weighted by Gasteiger charge is 2.12. The highest BCUT2D eigenvalue weighted by atomic mass is 32.2. The molecule has 0 aliphatic rings. The van der Waals surface area contributed by atoms with Crippen LogP contribution in [-0.2, 0) is 19.1 Å². The van der Waals surface area contributed by atoms with Gasteiger partial charge in [-0.3, -0.25) is 0 Å². The minimum absolute atomic E-state index is 0.0277. The molecule has 0 saturated carbocycles. The van der Waals surface area contributed by atoms with Gasteiger partial charge in [-0.2, -0.15) is 8.42 Å². The van der Waals surface area contributed by atoms with Crippen LogP contribution in [-0.4, -0.2) is 19.5 Å². The molecule has 0 aliphatic carbocycles. The molecule has 6 heteroatoms. The van der Waals surface area contributed by atoms with Gasteiger partial charge in [-0.05, 0) is 12.1 Å². The summed E-state index contributed by atoms with van der Waals surface area (Å²) in [6.45, 7) is 0. The smallest absolute Gasteiger partial charge is 0.338 e. The maximum absolute atomic E-state index is 11.3. The van der Waals surface area contributed by atoms with Crippen molar-refractivity contribution < 1.29 is 22.5 Å². The van der Waals surface area contributed by atoms with Crippen LogP contribution in [0.15, 0.2) is 47.6 Å². The van der Waals surface area contributed by atoms with Crippen LogP contribution in [0.1, 0.15) is 0 Å². The molecule has 0 fully saturated rings. The van der Waals surface area contributed by atoms with Gasteiger partial charge in [0.2, 0.25) is 0 Å². The van der Waals surface area contributed by atoms with Gasteiger partial charge in [0.1, 0.15) is 11.2 Å². The van der Waals surface area contributed by atoms with E-state index in [0.29, 0.717) is 12.3 Å². The molecule has 5 nitrogen and oxygen atoms in total. The van der Waals surface area contributed by atoms with Crippen molar-refractivity contribution in [3.05, 3.63) is 42.7 Å². The van der Waals surface area contributed by atoms with Crippen molar-refractivity contribution in [2.45, 2.75) is 4.90 Å². The summed E-state index contributed by atoms with van der Waals surface area (Å²) in [5, 5.41) is 8.22. The third kappa shape index (κ3) is 3.43. The van der Waals surface area contributed by atoms with Gasteiger partial charge < -0.3 is 9.29 Å². The average Bonchev–Trinajstić information content (AvgIpc) is 2.18. The second kappa shape index (κ2) is 4.61. The van der Waals surface area contributed by atoms with E-state index in [2.05, 4.69) is 4.18 Å². The number of hydrogen-bond acceptors (Lipinski definition) is 4. The molecule has 1 aromatic carbocycles. The van der Waals surface area contributed by atoms with Crippen LogP contribution < -0.4 is 0 Å². The number of carbonyl (C=O) groups is 1. The first-order valence-corrected chi connectivity index (χ1v) is 5.31. The van der Waals surface area contributed by atoms with Crippen molar-refractivity contribution in [1.82, 2.24) is 0 Å². The molecule has 0 heterocycles. The molecule has 1 N–H and O–H groups in total. The number of aliphatic carboxylic acids is 1. The van der Waals surface area contributed by atoms with Crippen molar-refractivity contribution in [3.63, 3.8) is 0 Å². The summed E-state index contributed by atoms with van der Waals surface area (Å²) < 4.78 is 27.0. The van der Waals surface area contributed by atoms with Crippen molar-refractivity contribution in [2.75, 3.05) is 0 Å². The molecule has 80 valence electrons. The second-order valence-electron chi connectivity index (χ2n) is 2.50. The molecular weight excluding hydrogens is 220 g/mol. The molecule has 1 aromatic rings. The van der Waals surface area contributed by atoms with Gasteiger partial charge in [0.05, 0.1) is 6.08 Å². The predicted octanol–water partition coefficient (Wildman–Crippen LogP) is 0.990. The molecule has 0 radical (unpaired) electrons. The number of rotatable bonds is 4. The van der Waals surface area contributed by atoms with Crippen LogP contribution in [0.5, 0.6) is 0 Å². The maximum atomic E-state index is 11.3. The number of carboxylic acids is 1. The average molecular weight is 228 g/mol. The summed E-state index contributed by atoms with van der Waals surface area (Å²) in [5.41, 5.74) is 0. The van der Waals surface area contributed by atoms with E-state index < -0.39 is 16.1 Å². The highest BCUT2D eigenvalue weighted by molar-refractivity contribution is 7.86. The Bertz CT molecular complexity index is 461. The molecule has 0 saturated heterocycles. The van der Waals surface area contributed by atoms with Gasteiger partial charge in [0.15, 0.2) is 0 Å². The lowest BCUT2D eigenvalue weighted by Crippen LogP contribution is -2.02. The van der Waals surface area contributed by atoms with Gasteiger partial charge in [-0.25, -0.2) is 4.79 Å². The van der Waals surface area contributed by atoms with E-state index in [4.69, 9.17) is 5.11 Å². The van der Waals surface area contributed by atoms with Crippen molar-refractivity contribution in [1.29, 1.82) is 0 Å². The molecule has 0 bridgehead atoms. The lowest BCUT2D eigenvalue weighted by molar-refractivity contribution is -0.131. The van der Waals surface area contributed by atoms with Crippen molar-refractivity contribution >= 4 is 16.1 Å². The van der Waals surface area contributed by atoms with Crippen LogP contribution in [0.4, 0.5) is 0 Å². The Morgan fingerprint density at radius 1 is 1.27 bits per heavy atom. The monoisotopic (exact) mass is 228 g/mol. The first-order valence-electron chi connectivity index (χ1n) is 3.90. The Morgan fingerprint density at radius 2 is 1.87 bits per heavy atom. The lowest BCUT2D eigenvalue weighted by atomic mass is 10.4. The van der Waals surface area contributed by atoms with E-state index in [1.54, 1.807) is 6.07 Å². The first-order chi connectivity index (χ1) is 7.02. The molecular formula is C9H8O5S. The molecule has 0 unspecified atom stereocenters. The standard InChI is InChI=1S/C9H8O5S/c10-9(11)6-7-14-15(12,13)8-4-2-1-3-5-8/h1-7H,(H,10,11). The minimum atomic E-state index is -3.91. The summed E-state index contributed by atoms with van der Waals surface area (Å²) in [7, 11) is -3.91. The zero-order chi connectivity index (χ0) is 11.3. The third-order valence-electron chi connectivity index (χ3n) is 1.42. The number of benzene rings is 1. The molecule has 0 aliphatic heterocycles. The Morgan fingerprint density at radius 3 is 2.40 bits per heavy atom. The van der Waals surface area contributed by atoms with Crippen LogP contribution in [0.25, 0.3) is 0 Å². The Kier molecular flexibility index (Phi) is 3.46. The number of carboxylic acid groups (broad SMARTS) is 1. The molecule has 0 atom stereocenters. The quantitative estimate of drug-likeness (QED) is 0.472. The van der Waals surface area contributed by atoms with Gasteiger partial charge in [0, 0.05) is 0 Å². The fourth-order valence-electron chi connectivity index (χ4n) is 0.802.